The van der Waals surface area contributed by atoms with E-state index >= 15 is 0 Å². The van der Waals surface area contributed by atoms with E-state index in [1.165, 1.54) is 25.3 Å². The third-order valence-corrected chi connectivity index (χ3v) is 6.47. The topological polar surface area (TPSA) is 20.2 Å². The van der Waals surface area contributed by atoms with Crippen LogP contribution in [0.1, 0.15) is 57.1 Å². The quantitative estimate of drug-likeness (QED) is 0.804. The first kappa shape index (κ1) is 14.0. The highest BCUT2D eigenvalue weighted by Gasteiger charge is 2.58. The van der Waals surface area contributed by atoms with Crippen LogP contribution in [0.25, 0.3) is 0 Å². The van der Waals surface area contributed by atoms with Gasteiger partial charge in [0.2, 0.25) is 0 Å². The molecule has 4 bridgehead atoms. The van der Waals surface area contributed by atoms with Gasteiger partial charge in [-0.05, 0) is 67.9 Å². The SMILES string of the molecule is CC12CC3CC(C1)CC(C(O)c1ccc(Cl)cc1F)(C3)C2. The second kappa shape index (κ2) is 4.45. The Bertz CT molecular complexity index is 571. The number of hydrogen-bond donors (Lipinski definition) is 1. The van der Waals surface area contributed by atoms with Crippen molar-refractivity contribution in [3.05, 3.63) is 34.6 Å². The van der Waals surface area contributed by atoms with Crippen LogP contribution < -0.4 is 0 Å². The minimum atomic E-state index is -0.694. The molecular weight excluding hydrogens is 287 g/mol. The Hall–Kier alpha value is -0.600. The van der Waals surface area contributed by atoms with Gasteiger partial charge in [-0.25, -0.2) is 4.39 Å². The van der Waals surface area contributed by atoms with Crippen molar-refractivity contribution in [1.29, 1.82) is 0 Å². The molecule has 0 amide bonds. The lowest BCUT2D eigenvalue weighted by Gasteiger charge is -2.62. The normalized spacial score (nSPS) is 42.3. The third-order valence-electron chi connectivity index (χ3n) is 6.24. The second-order valence-electron chi connectivity index (χ2n) is 8.20. The van der Waals surface area contributed by atoms with Crippen LogP contribution in [-0.2, 0) is 0 Å². The van der Waals surface area contributed by atoms with Crippen LogP contribution in [0, 0.1) is 28.5 Å². The summed E-state index contributed by atoms with van der Waals surface area (Å²) in [6.45, 7) is 2.37. The largest absolute Gasteiger partial charge is 0.388 e. The molecule has 0 aliphatic heterocycles. The highest BCUT2D eigenvalue weighted by atomic mass is 35.5. The monoisotopic (exact) mass is 308 g/mol. The predicted octanol–water partition coefficient (Wildman–Crippen LogP) is 5.12. The van der Waals surface area contributed by atoms with Gasteiger partial charge in [0.1, 0.15) is 5.82 Å². The molecule has 0 heterocycles. The van der Waals surface area contributed by atoms with E-state index in [9.17, 15) is 9.50 Å². The van der Waals surface area contributed by atoms with Crippen LogP contribution >= 0.6 is 11.6 Å². The second-order valence-corrected chi connectivity index (χ2v) is 8.64. The van der Waals surface area contributed by atoms with E-state index in [-0.39, 0.29) is 11.2 Å². The maximum Gasteiger partial charge on any atom is 0.130 e. The van der Waals surface area contributed by atoms with E-state index in [4.69, 9.17) is 11.6 Å². The summed E-state index contributed by atoms with van der Waals surface area (Å²) in [7, 11) is 0. The van der Waals surface area contributed by atoms with Crippen LogP contribution in [0.5, 0.6) is 0 Å². The van der Waals surface area contributed by atoms with Gasteiger partial charge in [-0.1, -0.05) is 24.6 Å². The molecule has 4 aliphatic carbocycles. The standard InChI is InChI=1S/C18H22ClFO/c1-17-6-11-4-12(7-17)9-18(8-11,10-17)16(21)14-3-2-13(19)5-15(14)20/h2-3,5,11-12,16,21H,4,6-10H2,1H3. The highest BCUT2D eigenvalue weighted by molar-refractivity contribution is 6.30. The molecule has 0 radical (unpaired) electrons. The minimum absolute atomic E-state index is 0.118. The zero-order valence-corrected chi connectivity index (χ0v) is 13.2. The lowest BCUT2D eigenvalue weighted by Crippen LogP contribution is -2.53. The zero-order valence-electron chi connectivity index (χ0n) is 12.4. The average molecular weight is 309 g/mol. The van der Waals surface area contributed by atoms with E-state index in [1.807, 2.05) is 0 Å². The zero-order chi connectivity index (χ0) is 14.8. The van der Waals surface area contributed by atoms with Gasteiger partial charge < -0.3 is 5.11 Å². The summed E-state index contributed by atoms with van der Waals surface area (Å²) in [5, 5.41) is 11.4. The van der Waals surface area contributed by atoms with Crippen LogP contribution in [0.15, 0.2) is 18.2 Å². The van der Waals surface area contributed by atoms with Crippen LogP contribution in [0.2, 0.25) is 5.02 Å². The number of benzene rings is 1. The molecule has 4 fully saturated rings. The summed E-state index contributed by atoms with van der Waals surface area (Å²) in [6, 6.07) is 4.68. The first-order valence-corrected chi connectivity index (χ1v) is 8.40. The summed E-state index contributed by atoms with van der Waals surface area (Å²) in [4.78, 5) is 0. The maximum absolute atomic E-state index is 14.2. The van der Waals surface area contributed by atoms with E-state index in [1.54, 1.807) is 12.1 Å². The molecule has 1 aromatic rings. The average Bonchev–Trinajstić information content (AvgIpc) is 2.35. The van der Waals surface area contributed by atoms with Crippen molar-refractivity contribution in [1.82, 2.24) is 0 Å². The van der Waals surface area contributed by atoms with Gasteiger partial charge in [-0.2, -0.15) is 0 Å². The first-order valence-electron chi connectivity index (χ1n) is 8.02. The van der Waals surface area contributed by atoms with Crippen LogP contribution in [-0.4, -0.2) is 5.11 Å². The fourth-order valence-electron chi connectivity index (χ4n) is 6.17. The van der Waals surface area contributed by atoms with Crippen LogP contribution in [0.4, 0.5) is 4.39 Å². The fourth-order valence-corrected chi connectivity index (χ4v) is 6.33. The van der Waals surface area contributed by atoms with Gasteiger partial charge in [0.25, 0.3) is 0 Å². The third kappa shape index (κ3) is 2.14. The number of rotatable bonds is 2. The van der Waals surface area contributed by atoms with Crippen molar-refractivity contribution in [3.8, 4) is 0 Å². The lowest BCUT2D eigenvalue weighted by atomic mass is 9.43. The molecule has 21 heavy (non-hydrogen) atoms. The molecule has 1 aromatic carbocycles. The number of halogens is 2. The molecule has 4 saturated carbocycles. The van der Waals surface area contributed by atoms with Crippen molar-refractivity contribution >= 4 is 11.6 Å². The molecule has 3 atom stereocenters. The van der Waals surface area contributed by atoms with E-state index in [0.29, 0.717) is 16.0 Å². The lowest BCUT2D eigenvalue weighted by molar-refractivity contribution is -0.155. The van der Waals surface area contributed by atoms with Crippen molar-refractivity contribution in [3.63, 3.8) is 0 Å². The van der Waals surface area contributed by atoms with Gasteiger partial charge in [-0.15, -0.1) is 0 Å². The van der Waals surface area contributed by atoms with Crippen LogP contribution in [0.3, 0.4) is 0 Å². The van der Waals surface area contributed by atoms with Crippen molar-refractivity contribution in [2.24, 2.45) is 22.7 Å². The van der Waals surface area contributed by atoms with Crippen molar-refractivity contribution in [2.45, 2.75) is 51.6 Å². The fraction of sp³-hybridized carbons (Fsp3) is 0.667. The Morgan fingerprint density at radius 2 is 1.90 bits per heavy atom. The Labute approximate surface area is 130 Å². The Morgan fingerprint density at radius 1 is 1.24 bits per heavy atom. The number of hydrogen-bond acceptors (Lipinski definition) is 1. The molecule has 1 nitrogen and oxygen atoms in total. The number of aliphatic hydroxyl groups excluding tert-OH is 1. The van der Waals surface area contributed by atoms with E-state index < -0.39 is 6.10 Å². The van der Waals surface area contributed by atoms with Gasteiger partial charge in [0.15, 0.2) is 0 Å². The van der Waals surface area contributed by atoms with Gasteiger partial charge in [-0.3, -0.25) is 0 Å². The summed E-state index contributed by atoms with van der Waals surface area (Å²) >= 11 is 5.84. The Balaban J connectivity index is 1.72. The molecule has 3 heteroatoms. The van der Waals surface area contributed by atoms with E-state index in [0.717, 1.165) is 31.1 Å². The van der Waals surface area contributed by atoms with Gasteiger partial charge >= 0.3 is 0 Å². The van der Waals surface area contributed by atoms with Gasteiger partial charge in [0.05, 0.1) is 6.10 Å². The minimum Gasteiger partial charge on any atom is -0.388 e. The molecule has 114 valence electrons. The summed E-state index contributed by atoms with van der Waals surface area (Å²) < 4.78 is 14.2. The molecule has 4 aliphatic rings. The summed E-state index contributed by atoms with van der Waals surface area (Å²) in [5.41, 5.74) is 0.673. The molecule has 0 aromatic heterocycles. The summed E-state index contributed by atoms with van der Waals surface area (Å²) in [5.74, 6) is 1.08. The highest BCUT2D eigenvalue weighted by Crippen LogP contribution is 2.68. The molecule has 1 N–H and O–H groups in total. The number of aliphatic hydroxyl groups is 1. The van der Waals surface area contributed by atoms with E-state index in [2.05, 4.69) is 6.92 Å². The molecule has 0 saturated heterocycles. The Kier molecular flexibility index (Phi) is 2.97. The molecule has 0 spiro atoms. The first-order chi connectivity index (χ1) is 9.89. The smallest absolute Gasteiger partial charge is 0.130 e. The van der Waals surface area contributed by atoms with Crippen molar-refractivity contribution < 1.29 is 9.50 Å². The van der Waals surface area contributed by atoms with Crippen molar-refractivity contribution in [2.75, 3.05) is 0 Å². The predicted molar refractivity (Wildman–Crippen MR) is 81.6 cm³/mol. The summed E-state index contributed by atoms with van der Waals surface area (Å²) in [6.07, 6.45) is 6.36. The van der Waals surface area contributed by atoms with Gasteiger partial charge in [0, 0.05) is 16.0 Å². The Morgan fingerprint density at radius 3 is 2.48 bits per heavy atom. The molecular formula is C18H22ClFO. The molecule has 3 unspecified atom stereocenters. The molecule has 5 rings (SSSR count). The maximum atomic E-state index is 14.2.